The molecule has 1 aromatic heterocycles. The fourth-order valence-electron chi connectivity index (χ4n) is 3.17. The van der Waals surface area contributed by atoms with Crippen molar-refractivity contribution >= 4 is 11.6 Å². The van der Waals surface area contributed by atoms with E-state index in [1.54, 1.807) is 30.3 Å². The summed E-state index contributed by atoms with van der Waals surface area (Å²) in [5.41, 5.74) is 4.33. The van der Waals surface area contributed by atoms with Gasteiger partial charge in [-0.15, -0.1) is 10.2 Å². The van der Waals surface area contributed by atoms with Crippen LogP contribution in [-0.2, 0) is 17.9 Å². The third-order valence-electron chi connectivity index (χ3n) is 5.25. The Hall–Kier alpha value is -4.07. The fourth-order valence-corrected chi connectivity index (χ4v) is 3.17. The van der Waals surface area contributed by atoms with Crippen LogP contribution in [0.2, 0.25) is 0 Å². The summed E-state index contributed by atoms with van der Waals surface area (Å²) in [4.78, 5) is 13.6. The molecule has 0 aliphatic heterocycles. The van der Waals surface area contributed by atoms with E-state index in [-0.39, 0.29) is 24.8 Å². The smallest absolute Gasteiger partial charge is 0.226 e. The Kier molecular flexibility index (Phi) is 6.73. The van der Waals surface area contributed by atoms with Gasteiger partial charge in [-0.05, 0) is 72.7 Å². The summed E-state index contributed by atoms with van der Waals surface area (Å²) in [6.07, 6.45) is 0.228. The van der Waals surface area contributed by atoms with Crippen molar-refractivity contribution < 1.29 is 13.9 Å². The minimum atomic E-state index is -0.294. The van der Waals surface area contributed by atoms with E-state index in [0.717, 1.165) is 16.8 Å². The van der Waals surface area contributed by atoms with Crippen LogP contribution < -0.4 is 10.1 Å². The van der Waals surface area contributed by atoms with Crippen molar-refractivity contribution in [2.24, 2.45) is 0 Å². The van der Waals surface area contributed by atoms with Gasteiger partial charge in [0.15, 0.2) is 0 Å². The minimum Gasteiger partial charge on any atom is -0.489 e. The molecule has 0 aliphatic carbocycles. The Morgan fingerprint density at radius 3 is 2.58 bits per heavy atom. The van der Waals surface area contributed by atoms with Crippen LogP contribution in [0.3, 0.4) is 0 Å². The molecule has 0 bridgehead atoms. The first-order valence-electron chi connectivity index (χ1n) is 10.6. The molecule has 3 aromatic carbocycles. The number of hydrogen-bond donors (Lipinski definition) is 1. The molecule has 1 heterocycles. The molecule has 0 saturated heterocycles. The Morgan fingerprint density at radius 1 is 1.03 bits per heavy atom. The molecule has 0 unspecified atom stereocenters. The van der Waals surface area contributed by atoms with Crippen LogP contribution >= 0.6 is 0 Å². The first kappa shape index (κ1) is 22.1. The molecule has 0 fully saturated rings. The Balaban J connectivity index is 1.30. The molecule has 0 spiro atoms. The SMILES string of the molecule is Cc1ccc(NC(=O)CCn2nnc(-c3ccc(OCc4ccccc4F)cc3)n2)cc1C. The predicted octanol–water partition coefficient (Wildman–Crippen LogP) is 4.70. The van der Waals surface area contributed by atoms with Crippen LogP contribution in [-0.4, -0.2) is 26.1 Å². The van der Waals surface area contributed by atoms with Gasteiger partial charge in [0.25, 0.3) is 0 Å². The number of benzene rings is 3. The number of aryl methyl sites for hydroxylation is 3. The largest absolute Gasteiger partial charge is 0.489 e. The topological polar surface area (TPSA) is 81.9 Å². The van der Waals surface area contributed by atoms with Crippen LogP contribution in [0.1, 0.15) is 23.1 Å². The average molecular weight is 445 g/mol. The molecule has 0 radical (unpaired) electrons. The van der Waals surface area contributed by atoms with Crippen molar-refractivity contribution in [1.29, 1.82) is 0 Å². The summed E-state index contributed by atoms with van der Waals surface area (Å²) in [7, 11) is 0. The van der Waals surface area contributed by atoms with Gasteiger partial charge in [0.05, 0.1) is 6.54 Å². The summed E-state index contributed by atoms with van der Waals surface area (Å²) in [5.74, 6) is 0.647. The maximum atomic E-state index is 13.7. The van der Waals surface area contributed by atoms with Crippen molar-refractivity contribution in [3.8, 4) is 17.1 Å². The van der Waals surface area contributed by atoms with Gasteiger partial charge in [0, 0.05) is 23.2 Å². The van der Waals surface area contributed by atoms with Crippen molar-refractivity contribution in [1.82, 2.24) is 20.2 Å². The quantitative estimate of drug-likeness (QED) is 0.425. The fraction of sp³-hybridized carbons (Fsp3) is 0.200. The van der Waals surface area contributed by atoms with E-state index in [9.17, 15) is 9.18 Å². The van der Waals surface area contributed by atoms with Crippen molar-refractivity contribution in [2.75, 3.05) is 5.32 Å². The number of tetrazole rings is 1. The lowest BCUT2D eigenvalue weighted by Gasteiger charge is -2.07. The summed E-state index contributed by atoms with van der Waals surface area (Å²) >= 11 is 0. The standard InChI is InChI=1S/C25H24FN5O2/c1-17-7-10-21(15-18(17)2)27-24(32)13-14-31-29-25(28-30-31)19-8-11-22(12-9-19)33-16-20-5-3-4-6-23(20)26/h3-12,15H,13-14,16H2,1-2H3,(H,27,32). The lowest BCUT2D eigenvalue weighted by atomic mass is 10.1. The Morgan fingerprint density at radius 2 is 1.82 bits per heavy atom. The van der Waals surface area contributed by atoms with Gasteiger partial charge in [-0.1, -0.05) is 24.3 Å². The van der Waals surface area contributed by atoms with Crippen LogP contribution in [0.15, 0.2) is 66.7 Å². The number of halogens is 1. The second-order valence-electron chi connectivity index (χ2n) is 7.71. The van der Waals surface area contributed by atoms with E-state index in [4.69, 9.17) is 4.74 Å². The maximum Gasteiger partial charge on any atom is 0.226 e. The zero-order chi connectivity index (χ0) is 23.2. The number of hydrogen-bond acceptors (Lipinski definition) is 5. The van der Waals surface area contributed by atoms with Crippen molar-refractivity contribution in [3.05, 3.63) is 89.2 Å². The van der Waals surface area contributed by atoms with Crippen LogP contribution in [0.25, 0.3) is 11.4 Å². The summed E-state index contributed by atoms with van der Waals surface area (Å²) in [6.45, 7) is 4.49. The Bertz CT molecular complexity index is 1250. The lowest BCUT2D eigenvalue weighted by molar-refractivity contribution is -0.116. The molecule has 33 heavy (non-hydrogen) atoms. The first-order valence-corrected chi connectivity index (χ1v) is 10.6. The number of anilines is 1. The molecule has 4 aromatic rings. The van der Waals surface area contributed by atoms with Crippen molar-refractivity contribution in [3.63, 3.8) is 0 Å². The third kappa shape index (κ3) is 5.79. The number of rotatable bonds is 8. The highest BCUT2D eigenvalue weighted by Crippen LogP contribution is 2.20. The molecular formula is C25H24FN5O2. The number of ether oxygens (including phenoxy) is 1. The van der Waals surface area contributed by atoms with Gasteiger partial charge in [0.2, 0.25) is 11.7 Å². The van der Waals surface area contributed by atoms with E-state index in [1.165, 1.54) is 16.4 Å². The van der Waals surface area contributed by atoms with Gasteiger partial charge >= 0.3 is 0 Å². The Labute approximate surface area is 191 Å². The second kappa shape index (κ2) is 10.0. The number of nitrogens with zero attached hydrogens (tertiary/aromatic N) is 4. The van der Waals surface area contributed by atoms with Gasteiger partial charge in [-0.3, -0.25) is 4.79 Å². The molecule has 8 heteroatoms. The van der Waals surface area contributed by atoms with E-state index in [2.05, 4.69) is 20.7 Å². The third-order valence-corrected chi connectivity index (χ3v) is 5.25. The number of nitrogens with one attached hydrogen (secondary N) is 1. The zero-order valence-corrected chi connectivity index (χ0v) is 18.5. The normalized spacial score (nSPS) is 10.8. The number of carbonyl (C=O) groups is 1. The van der Waals surface area contributed by atoms with E-state index >= 15 is 0 Å². The van der Waals surface area contributed by atoms with Crippen LogP contribution in [0, 0.1) is 19.7 Å². The molecule has 0 saturated carbocycles. The van der Waals surface area contributed by atoms with Gasteiger partial charge < -0.3 is 10.1 Å². The zero-order valence-electron chi connectivity index (χ0n) is 18.5. The second-order valence-corrected chi connectivity index (χ2v) is 7.71. The molecular weight excluding hydrogens is 421 g/mol. The van der Waals surface area contributed by atoms with E-state index < -0.39 is 0 Å². The van der Waals surface area contributed by atoms with E-state index in [0.29, 0.717) is 23.7 Å². The van der Waals surface area contributed by atoms with Gasteiger partial charge in [0.1, 0.15) is 18.2 Å². The highest BCUT2D eigenvalue weighted by molar-refractivity contribution is 5.90. The molecule has 1 N–H and O–H groups in total. The number of carbonyl (C=O) groups excluding carboxylic acids is 1. The summed E-state index contributed by atoms with van der Waals surface area (Å²) in [6, 6.07) is 19.5. The van der Waals surface area contributed by atoms with Crippen molar-refractivity contribution in [2.45, 2.75) is 33.4 Å². The highest BCUT2D eigenvalue weighted by Gasteiger charge is 2.09. The predicted molar refractivity (Wildman–Crippen MR) is 123 cm³/mol. The average Bonchev–Trinajstić information content (AvgIpc) is 3.29. The minimum absolute atomic E-state index is 0.117. The first-order chi connectivity index (χ1) is 16.0. The molecule has 0 aliphatic rings. The highest BCUT2D eigenvalue weighted by atomic mass is 19.1. The van der Waals surface area contributed by atoms with Crippen LogP contribution in [0.4, 0.5) is 10.1 Å². The number of aromatic nitrogens is 4. The van der Waals surface area contributed by atoms with E-state index in [1.807, 2.05) is 44.2 Å². The lowest BCUT2D eigenvalue weighted by Crippen LogP contribution is -2.15. The summed E-state index contributed by atoms with van der Waals surface area (Å²) in [5, 5.41) is 15.3. The monoisotopic (exact) mass is 445 g/mol. The maximum absolute atomic E-state index is 13.7. The molecule has 0 atom stereocenters. The number of amides is 1. The van der Waals surface area contributed by atoms with Gasteiger partial charge in [-0.25, -0.2) is 4.39 Å². The summed E-state index contributed by atoms with van der Waals surface area (Å²) < 4.78 is 19.4. The molecule has 7 nitrogen and oxygen atoms in total. The molecule has 4 rings (SSSR count). The van der Waals surface area contributed by atoms with Crippen LogP contribution in [0.5, 0.6) is 5.75 Å². The molecule has 168 valence electrons. The molecule has 1 amide bonds. The van der Waals surface area contributed by atoms with Gasteiger partial charge in [-0.2, -0.15) is 4.80 Å².